The molecule has 0 aliphatic rings. The molecule has 5 aromatic rings. The number of hydrogen-bond donors (Lipinski definition) is 0. The van der Waals surface area contributed by atoms with E-state index in [1.807, 2.05) is 52.1 Å². The molecule has 4 heterocycles. The summed E-state index contributed by atoms with van der Waals surface area (Å²) in [6.45, 7) is 3.04. The first-order valence-electron chi connectivity index (χ1n) is 9.38. The quantitative estimate of drug-likeness (QED) is 0.474. The Morgan fingerprint density at radius 3 is 2.93 bits per heavy atom. The van der Waals surface area contributed by atoms with Crippen molar-refractivity contribution in [2.75, 3.05) is 0 Å². The predicted molar refractivity (Wildman–Crippen MR) is 107 cm³/mol. The predicted octanol–water partition coefficient (Wildman–Crippen LogP) is 3.54. The van der Waals surface area contributed by atoms with Crippen molar-refractivity contribution in [3.05, 3.63) is 72.4 Å². The molecule has 0 aliphatic heterocycles. The zero-order valence-corrected chi connectivity index (χ0v) is 15.5. The lowest BCUT2D eigenvalue weighted by Crippen LogP contribution is -2.01. The lowest BCUT2D eigenvalue weighted by molar-refractivity contribution is 0.603. The van der Waals surface area contributed by atoms with E-state index in [-0.39, 0.29) is 0 Å². The summed E-state index contributed by atoms with van der Waals surface area (Å²) in [5, 5.41) is 18.9. The highest BCUT2D eigenvalue weighted by Crippen LogP contribution is 2.19. The molecule has 5 rings (SSSR count). The minimum Gasteiger partial charge on any atom is -0.272 e. The minimum atomic E-state index is 0.650. The molecule has 0 spiro atoms. The van der Waals surface area contributed by atoms with Crippen molar-refractivity contribution in [1.82, 2.24) is 34.6 Å². The van der Waals surface area contributed by atoms with Gasteiger partial charge in [0, 0.05) is 36.3 Å². The van der Waals surface area contributed by atoms with Crippen LogP contribution in [0.15, 0.2) is 61.1 Å². The van der Waals surface area contributed by atoms with Gasteiger partial charge < -0.3 is 0 Å². The summed E-state index contributed by atoms with van der Waals surface area (Å²) in [4.78, 5) is 4.38. The van der Waals surface area contributed by atoms with E-state index in [1.54, 1.807) is 0 Å². The van der Waals surface area contributed by atoms with Crippen LogP contribution in [0.4, 0.5) is 0 Å². The molecule has 7 heteroatoms. The molecule has 0 atom stereocenters. The second-order valence-electron chi connectivity index (χ2n) is 6.80. The second-order valence-corrected chi connectivity index (χ2v) is 6.80. The summed E-state index contributed by atoms with van der Waals surface area (Å²) < 4.78 is 3.76. The van der Waals surface area contributed by atoms with Gasteiger partial charge in [-0.2, -0.15) is 14.7 Å². The van der Waals surface area contributed by atoms with E-state index in [2.05, 4.69) is 45.4 Å². The molecular formula is C21H19N7. The van der Waals surface area contributed by atoms with Crippen LogP contribution < -0.4 is 0 Å². The Hall–Kier alpha value is -3.61. The summed E-state index contributed by atoms with van der Waals surface area (Å²) in [6.07, 6.45) is 7.38. The molecule has 0 N–H and O–H groups in total. The first-order chi connectivity index (χ1) is 13.8. The van der Waals surface area contributed by atoms with E-state index in [1.165, 1.54) is 0 Å². The first kappa shape index (κ1) is 16.6. The smallest absolute Gasteiger partial charge is 0.177 e. The maximum Gasteiger partial charge on any atom is 0.177 e. The first-order valence-corrected chi connectivity index (χ1v) is 9.38. The van der Waals surface area contributed by atoms with Crippen molar-refractivity contribution in [1.29, 1.82) is 0 Å². The van der Waals surface area contributed by atoms with Gasteiger partial charge in [-0.25, -0.2) is 0 Å². The lowest BCUT2D eigenvalue weighted by atomic mass is 10.1. The van der Waals surface area contributed by atoms with Gasteiger partial charge in [-0.3, -0.25) is 9.67 Å². The lowest BCUT2D eigenvalue weighted by Gasteiger charge is -2.03. The molecule has 0 aliphatic carbocycles. The van der Waals surface area contributed by atoms with E-state index in [9.17, 15) is 0 Å². The van der Waals surface area contributed by atoms with Gasteiger partial charge in [0.15, 0.2) is 11.5 Å². The maximum absolute atomic E-state index is 4.76. The molecule has 0 bridgehead atoms. The van der Waals surface area contributed by atoms with Gasteiger partial charge in [0.25, 0.3) is 0 Å². The molecule has 0 saturated carbocycles. The average Bonchev–Trinajstić information content (AvgIpc) is 3.35. The number of rotatable bonds is 5. The van der Waals surface area contributed by atoms with Crippen molar-refractivity contribution in [3.8, 4) is 11.3 Å². The van der Waals surface area contributed by atoms with Crippen molar-refractivity contribution >= 4 is 16.6 Å². The zero-order chi connectivity index (χ0) is 18.9. The zero-order valence-electron chi connectivity index (χ0n) is 15.5. The van der Waals surface area contributed by atoms with Crippen molar-refractivity contribution < 1.29 is 0 Å². The summed E-state index contributed by atoms with van der Waals surface area (Å²) in [5.74, 6) is 0.807. The van der Waals surface area contributed by atoms with Gasteiger partial charge >= 0.3 is 0 Å². The van der Waals surface area contributed by atoms with Crippen LogP contribution in [0.1, 0.15) is 24.7 Å². The average molecular weight is 369 g/mol. The number of aryl methyl sites for hydroxylation is 1. The van der Waals surface area contributed by atoms with Crippen molar-refractivity contribution in [3.63, 3.8) is 0 Å². The topological polar surface area (TPSA) is 73.8 Å². The molecule has 4 aromatic heterocycles. The van der Waals surface area contributed by atoms with Gasteiger partial charge in [-0.1, -0.05) is 19.1 Å². The van der Waals surface area contributed by atoms with Gasteiger partial charge in [-0.05, 0) is 42.3 Å². The van der Waals surface area contributed by atoms with Crippen LogP contribution in [0.5, 0.6) is 0 Å². The molecule has 0 fully saturated rings. The monoisotopic (exact) mass is 369 g/mol. The third-order valence-corrected chi connectivity index (χ3v) is 4.74. The van der Waals surface area contributed by atoms with Crippen LogP contribution in [-0.2, 0) is 13.0 Å². The Morgan fingerprint density at radius 2 is 2.00 bits per heavy atom. The van der Waals surface area contributed by atoms with Crippen LogP contribution in [0.3, 0.4) is 0 Å². The molecule has 0 radical (unpaired) electrons. The Balaban J connectivity index is 1.50. The van der Waals surface area contributed by atoms with Gasteiger partial charge in [-0.15, -0.1) is 10.2 Å². The van der Waals surface area contributed by atoms with E-state index in [0.717, 1.165) is 52.2 Å². The molecule has 0 amide bonds. The molecular weight excluding hydrogens is 350 g/mol. The fraction of sp³-hybridized carbons (Fsp3) is 0.190. The standard InChI is InChI=1S/C21H19N7/c1-2-10-27-14-17(13-23-27)19-7-8-20-24-25-21(28(20)26-19)12-15-5-6-18-16(11-15)4-3-9-22-18/h3-9,11,13-14H,2,10,12H2,1H3. The highest BCUT2D eigenvalue weighted by molar-refractivity contribution is 5.79. The minimum absolute atomic E-state index is 0.650. The van der Waals surface area contributed by atoms with Crippen molar-refractivity contribution in [2.45, 2.75) is 26.3 Å². The van der Waals surface area contributed by atoms with Gasteiger partial charge in [0.1, 0.15) is 0 Å². The van der Waals surface area contributed by atoms with Gasteiger partial charge in [0.2, 0.25) is 0 Å². The third-order valence-electron chi connectivity index (χ3n) is 4.74. The number of aromatic nitrogens is 7. The molecule has 7 nitrogen and oxygen atoms in total. The molecule has 0 unspecified atom stereocenters. The van der Waals surface area contributed by atoms with E-state index in [0.29, 0.717) is 6.42 Å². The van der Waals surface area contributed by atoms with Crippen LogP contribution >= 0.6 is 0 Å². The normalized spacial score (nSPS) is 11.5. The molecule has 138 valence electrons. The molecule has 0 saturated heterocycles. The largest absolute Gasteiger partial charge is 0.272 e. The van der Waals surface area contributed by atoms with Crippen molar-refractivity contribution in [2.24, 2.45) is 0 Å². The Labute approximate surface area is 161 Å². The SMILES string of the molecule is CCCn1cc(-c2ccc3nnc(Cc4ccc5ncccc5c4)n3n2)cn1. The number of pyridine rings is 1. The number of fused-ring (bicyclic) bond motifs is 2. The van der Waals surface area contributed by atoms with Gasteiger partial charge in [0.05, 0.1) is 17.4 Å². The van der Waals surface area contributed by atoms with E-state index >= 15 is 0 Å². The summed E-state index contributed by atoms with van der Waals surface area (Å²) in [7, 11) is 0. The summed E-state index contributed by atoms with van der Waals surface area (Å²) in [6, 6.07) is 14.2. The van der Waals surface area contributed by atoms with Crippen LogP contribution in [0, 0.1) is 0 Å². The van der Waals surface area contributed by atoms with Crippen LogP contribution in [-0.4, -0.2) is 34.6 Å². The summed E-state index contributed by atoms with van der Waals surface area (Å²) in [5.41, 5.74) is 4.73. The highest BCUT2D eigenvalue weighted by Gasteiger charge is 2.11. The number of benzene rings is 1. The Kier molecular flexibility index (Phi) is 4.05. The van der Waals surface area contributed by atoms with Crippen LogP contribution in [0.25, 0.3) is 27.8 Å². The van der Waals surface area contributed by atoms with Crippen LogP contribution in [0.2, 0.25) is 0 Å². The molecule has 28 heavy (non-hydrogen) atoms. The maximum atomic E-state index is 4.76. The Bertz CT molecular complexity index is 1270. The second kappa shape index (κ2) is 6.84. The van der Waals surface area contributed by atoms with E-state index in [4.69, 9.17) is 5.10 Å². The number of hydrogen-bond acceptors (Lipinski definition) is 5. The Morgan fingerprint density at radius 1 is 1.04 bits per heavy atom. The fourth-order valence-electron chi connectivity index (χ4n) is 3.36. The fourth-order valence-corrected chi connectivity index (χ4v) is 3.36. The highest BCUT2D eigenvalue weighted by atomic mass is 15.4. The van der Waals surface area contributed by atoms with E-state index < -0.39 is 0 Å². The number of nitrogens with zero attached hydrogens (tertiary/aromatic N) is 7. The molecule has 1 aromatic carbocycles. The third kappa shape index (κ3) is 3.00. The summed E-state index contributed by atoms with van der Waals surface area (Å²) >= 11 is 0.